The fraction of sp³-hybridized carbons (Fsp3) is 0.318. The standard InChI is InChI=1S/C10H15.2C5H5.C2H7Si.2ClH.Zr/c1-6-7(2)9(4)10(5)8(6)3;2*1-2-4-5-3-1;1-3-2;;;/h1-5H3;2*1-5H;3H,1-2H3;2*1H;/q3*-1;;;;+3. The van der Waals surface area contributed by atoms with Gasteiger partial charge in [0.1, 0.15) is 0 Å². The molecule has 0 amide bonds. The molecule has 3 rings (SSSR count). The van der Waals surface area contributed by atoms with E-state index in [2.05, 4.69) is 47.7 Å². The van der Waals surface area contributed by atoms with Crippen LogP contribution < -0.4 is 0 Å². The van der Waals surface area contributed by atoms with E-state index in [9.17, 15) is 0 Å². The van der Waals surface area contributed by atoms with Crippen LogP contribution in [0.15, 0.2) is 60.7 Å². The molecule has 0 aliphatic rings. The molecular weight excluding hydrogens is 454 g/mol. The molecule has 0 bridgehead atoms. The van der Waals surface area contributed by atoms with Crippen LogP contribution in [0.4, 0.5) is 0 Å². The van der Waals surface area contributed by atoms with Crippen LogP contribution in [0.1, 0.15) is 27.8 Å². The van der Waals surface area contributed by atoms with Crippen LogP contribution >= 0.6 is 24.8 Å². The van der Waals surface area contributed by atoms with Crippen LogP contribution in [0.5, 0.6) is 0 Å². The van der Waals surface area contributed by atoms with Crippen LogP contribution in [0, 0.1) is 34.6 Å². The predicted molar refractivity (Wildman–Crippen MR) is 123 cm³/mol. The Labute approximate surface area is 195 Å². The molecule has 4 heteroatoms. The molecular formula is C22H34Cl2SiZr. The third-order valence-electron chi connectivity index (χ3n) is 3.92. The van der Waals surface area contributed by atoms with Crippen molar-refractivity contribution in [2.24, 2.45) is 0 Å². The first kappa shape index (κ1) is 33.3. The summed E-state index contributed by atoms with van der Waals surface area (Å²) in [5, 5.41) is 0. The Morgan fingerprint density at radius 2 is 0.923 bits per heavy atom. The Morgan fingerprint density at radius 1 is 0.692 bits per heavy atom. The van der Waals surface area contributed by atoms with E-state index in [-0.39, 0.29) is 51.0 Å². The molecule has 0 aromatic heterocycles. The average Bonchev–Trinajstić information content (AvgIpc) is 3.31. The van der Waals surface area contributed by atoms with E-state index in [1.165, 1.54) is 27.8 Å². The van der Waals surface area contributed by atoms with Gasteiger partial charge in [-0.3, -0.25) is 0 Å². The third kappa shape index (κ3) is 13.9. The first-order valence-corrected chi connectivity index (χ1v) is 10.5. The van der Waals surface area contributed by atoms with Gasteiger partial charge in [-0.25, -0.2) is 24.3 Å². The maximum absolute atomic E-state index is 2.21. The van der Waals surface area contributed by atoms with Crippen molar-refractivity contribution in [1.29, 1.82) is 0 Å². The van der Waals surface area contributed by atoms with E-state index in [1.807, 2.05) is 60.7 Å². The summed E-state index contributed by atoms with van der Waals surface area (Å²) in [6.07, 6.45) is 0. The molecule has 0 aliphatic heterocycles. The van der Waals surface area contributed by atoms with Crippen molar-refractivity contribution in [3.05, 3.63) is 88.5 Å². The molecule has 0 atom stereocenters. The monoisotopic (exact) mass is 486 g/mol. The molecule has 0 saturated heterocycles. The molecule has 3 aromatic carbocycles. The fourth-order valence-corrected chi connectivity index (χ4v) is 2.05. The Balaban J connectivity index is -0.000000131. The summed E-state index contributed by atoms with van der Waals surface area (Å²) < 4.78 is 0. The molecule has 3 aromatic rings. The van der Waals surface area contributed by atoms with Gasteiger partial charge in [0.2, 0.25) is 0 Å². The van der Waals surface area contributed by atoms with Gasteiger partial charge >= 0.3 is 26.2 Å². The normalized spacial score (nSPS) is 7.81. The van der Waals surface area contributed by atoms with Gasteiger partial charge in [0.15, 0.2) is 0 Å². The SMILES string of the molecule is C[SiH]C.Cc1c(C)c(C)[c-](C)c1C.Cl.Cl.[Zr+3].c1cc[cH-]c1.c1cc[cH-]c1. The Bertz CT molecular complexity index is 456. The second-order valence-corrected chi connectivity index (χ2v) is 6.78. The third-order valence-corrected chi connectivity index (χ3v) is 3.92. The van der Waals surface area contributed by atoms with Gasteiger partial charge in [-0.2, -0.15) is 64.2 Å². The molecule has 0 spiro atoms. The van der Waals surface area contributed by atoms with Gasteiger partial charge in [0.25, 0.3) is 0 Å². The van der Waals surface area contributed by atoms with Crippen molar-refractivity contribution in [3.8, 4) is 0 Å². The Hall–Kier alpha value is -0.270. The zero-order chi connectivity index (χ0) is 17.7. The van der Waals surface area contributed by atoms with Gasteiger partial charge in [0.05, 0.1) is 0 Å². The van der Waals surface area contributed by atoms with Crippen molar-refractivity contribution in [2.75, 3.05) is 0 Å². The molecule has 0 saturated carbocycles. The number of hydrogen-bond acceptors (Lipinski definition) is 0. The summed E-state index contributed by atoms with van der Waals surface area (Å²) in [5.74, 6) is 0. The van der Waals surface area contributed by atoms with E-state index in [0.717, 1.165) is 9.52 Å². The maximum atomic E-state index is 2.21. The zero-order valence-electron chi connectivity index (χ0n) is 17.2. The molecule has 0 unspecified atom stereocenters. The molecule has 0 N–H and O–H groups in total. The summed E-state index contributed by atoms with van der Waals surface area (Å²) >= 11 is 0. The van der Waals surface area contributed by atoms with Crippen LogP contribution in [0.3, 0.4) is 0 Å². The fourth-order valence-electron chi connectivity index (χ4n) is 2.05. The summed E-state index contributed by atoms with van der Waals surface area (Å²) in [4.78, 5) is 0. The van der Waals surface area contributed by atoms with Crippen LogP contribution in [-0.4, -0.2) is 9.52 Å². The van der Waals surface area contributed by atoms with E-state index in [1.54, 1.807) is 0 Å². The zero-order valence-corrected chi connectivity index (χ0v) is 22.4. The summed E-state index contributed by atoms with van der Waals surface area (Å²) in [6.45, 7) is 15.4. The topological polar surface area (TPSA) is 0 Å². The minimum atomic E-state index is 0. The van der Waals surface area contributed by atoms with Gasteiger partial charge in [-0.15, -0.1) is 24.8 Å². The van der Waals surface area contributed by atoms with E-state index >= 15 is 0 Å². The van der Waals surface area contributed by atoms with E-state index < -0.39 is 0 Å². The van der Waals surface area contributed by atoms with Gasteiger partial charge in [-0.05, 0) is 0 Å². The largest absolute Gasteiger partial charge is 3.00 e. The van der Waals surface area contributed by atoms with Crippen molar-refractivity contribution >= 4 is 34.3 Å². The molecule has 144 valence electrons. The van der Waals surface area contributed by atoms with Crippen molar-refractivity contribution in [2.45, 2.75) is 47.7 Å². The summed E-state index contributed by atoms with van der Waals surface area (Å²) in [5.41, 5.74) is 7.34. The number of rotatable bonds is 0. The quantitative estimate of drug-likeness (QED) is 0.233. The number of hydrogen-bond donors (Lipinski definition) is 0. The Kier molecular flexibility index (Phi) is 27.0. The van der Waals surface area contributed by atoms with Crippen molar-refractivity contribution < 1.29 is 26.2 Å². The van der Waals surface area contributed by atoms with Gasteiger partial charge < -0.3 is 0 Å². The van der Waals surface area contributed by atoms with Crippen LogP contribution in [-0.2, 0) is 26.2 Å². The molecule has 26 heavy (non-hydrogen) atoms. The Morgan fingerprint density at radius 3 is 1.00 bits per heavy atom. The summed E-state index contributed by atoms with van der Waals surface area (Å²) in [6, 6.07) is 20.0. The maximum Gasteiger partial charge on any atom is 3.00 e. The minimum Gasteiger partial charge on any atom is -0.214 e. The smallest absolute Gasteiger partial charge is 0.214 e. The number of halogens is 2. The molecule has 0 heterocycles. The summed E-state index contributed by atoms with van der Waals surface area (Å²) in [7, 11) is 0.750. The molecule has 2 radical (unpaired) electrons. The average molecular weight is 489 g/mol. The van der Waals surface area contributed by atoms with Crippen molar-refractivity contribution in [3.63, 3.8) is 0 Å². The minimum absolute atomic E-state index is 0. The second-order valence-electron chi connectivity index (χ2n) is 5.63. The first-order valence-electron chi connectivity index (χ1n) is 8.24. The van der Waals surface area contributed by atoms with E-state index in [0.29, 0.717) is 0 Å². The van der Waals surface area contributed by atoms with Crippen LogP contribution in [0.25, 0.3) is 0 Å². The first-order chi connectivity index (χ1) is 11.0. The van der Waals surface area contributed by atoms with Crippen LogP contribution in [0.2, 0.25) is 13.1 Å². The van der Waals surface area contributed by atoms with Gasteiger partial charge in [-0.1, -0.05) is 47.7 Å². The molecule has 0 fully saturated rings. The molecule has 0 nitrogen and oxygen atoms in total. The second kappa shape index (κ2) is 21.0. The van der Waals surface area contributed by atoms with Crippen molar-refractivity contribution in [1.82, 2.24) is 0 Å². The van der Waals surface area contributed by atoms with Gasteiger partial charge in [0, 0.05) is 9.52 Å². The molecule has 0 aliphatic carbocycles. The van der Waals surface area contributed by atoms with E-state index in [4.69, 9.17) is 0 Å². The predicted octanol–water partition coefficient (Wildman–Crippen LogP) is 7.12.